The molecule has 0 spiro atoms. The summed E-state index contributed by atoms with van der Waals surface area (Å²) >= 11 is 0. The maximum atomic E-state index is 11.2. The van der Waals surface area contributed by atoms with E-state index in [2.05, 4.69) is 57.0 Å². The van der Waals surface area contributed by atoms with Crippen LogP contribution in [0, 0.1) is 12.8 Å². The predicted octanol–water partition coefficient (Wildman–Crippen LogP) is 7.08. The van der Waals surface area contributed by atoms with E-state index in [4.69, 9.17) is 9.15 Å². The predicted molar refractivity (Wildman–Crippen MR) is 127 cm³/mol. The molecule has 0 fully saturated rings. The fourth-order valence-electron chi connectivity index (χ4n) is 5.53. The highest BCUT2D eigenvalue weighted by atomic mass is 16.5. The Morgan fingerprint density at radius 1 is 1.16 bits per heavy atom. The maximum absolute atomic E-state index is 11.2. The van der Waals surface area contributed by atoms with Gasteiger partial charge in [0.2, 0.25) is 11.8 Å². The summed E-state index contributed by atoms with van der Waals surface area (Å²) in [7, 11) is 0. The number of aromatic nitrogens is 2. The molecule has 0 amide bonds. The number of nitrogens with zero attached hydrogens (tertiary/aromatic N) is 2. The number of allylic oxidation sites excluding steroid dienone is 2. The Morgan fingerprint density at radius 2 is 1.94 bits per heavy atom. The standard InChI is InChI=1S/C27H38N2O3/c1-7-8-9-10-13-26(3,4)19-15-22(30)24-20-14-18(25-29-28-17(2)31-25)11-12-21(20)27(5,6)32-23(24)16-19/h11,15-16,20-21,30H,7-10,12-14H2,1-6H3. The summed E-state index contributed by atoms with van der Waals surface area (Å²) in [5, 5.41) is 19.5. The summed E-state index contributed by atoms with van der Waals surface area (Å²) in [5.74, 6) is 2.79. The van der Waals surface area contributed by atoms with Gasteiger partial charge in [-0.2, -0.15) is 0 Å². The number of phenols is 1. The van der Waals surface area contributed by atoms with Crippen LogP contribution in [0.3, 0.4) is 0 Å². The Labute approximate surface area is 192 Å². The third kappa shape index (κ3) is 4.31. The second-order valence-corrected chi connectivity index (χ2v) is 10.8. The first-order valence-electron chi connectivity index (χ1n) is 12.2. The molecule has 2 aliphatic rings. The number of fused-ring (bicyclic) bond motifs is 3. The van der Waals surface area contributed by atoms with E-state index in [1.54, 1.807) is 0 Å². The average molecular weight is 439 g/mol. The Bertz CT molecular complexity index is 1000. The molecule has 174 valence electrons. The van der Waals surface area contributed by atoms with Gasteiger partial charge >= 0.3 is 0 Å². The molecule has 5 nitrogen and oxygen atoms in total. The van der Waals surface area contributed by atoms with Gasteiger partial charge in [-0.1, -0.05) is 52.5 Å². The minimum atomic E-state index is -0.319. The molecule has 1 aliphatic heterocycles. The molecule has 0 bridgehead atoms. The van der Waals surface area contributed by atoms with Crippen LogP contribution in [0.1, 0.15) is 108 Å². The minimum absolute atomic E-state index is 0.0104. The van der Waals surface area contributed by atoms with Gasteiger partial charge < -0.3 is 14.3 Å². The van der Waals surface area contributed by atoms with Gasteiger partial charge in [-0.25, -0.2) is 0 Å². The van der Waals surface area contributed by atoms with E-state index in [0.717, 1.165) is 41.7 Å². The van der Waals surface area contributed by atoms with E-state index in [-0.39, 0.29) is 22.9 Å². The third-order valence-electron chi connectivity index (χ3n) is 7.54. The van der Waals surface area contributed by atoms with Crippen molar-refractivity contribution in [1.82, 2.24) is 10.2 Å². The molecular weight excluding hydrogens is 400 g/mol. The summed E-state index contributed by atoms with van der Waals surface area (Å²) in [6.45, 7) is 12.9. The van der Waals surface area contributed by atoms with Crippen LogP contribution in [0.4, 0.5) is 0 Å². The van der Waals surface area contributed by atoms with Crippen LogP contribution in [-0.2, 0) is 5.41 Å². The van der Waals surface area contributed by atoms with Gasteiger partial charge in [-0.3, -0.25) is 0 Å². The van der Waals surface area contributed by atoms with Crippen LogP contribution in [0.25, 0.3) is 5.57 Å². The van der Waals surface area contributed by atoms with Crippen LogP contribution < -0.4 is 4.74 Å². The molecule has 2 atom stereocenters. The lowest BCUT2D eigenvalue weighted by atomic mass is 9.66. The molecule has 2 aromatic rings. The van der Waals surface area contributed by atoms with E-state index in [0.29, 0.717) is 17.5 Å². The highest BCUT2D eigenvalue weighted by molar-refractivity contribution is 5.63. The zero-order chi connectivity index (χ0) is 23.1. The Balaban J connectivity index is 1.66. The van der Waals surface area contributed by atoms with Crippen LogP contribution in [-0.4, -0.2) is 20.9 Å². The lowest BCUT2D eigenvalue weighted by Crippen LogP contribution is -2.45. The Kier molecular flexibility index (Phi) is 6.12. The quantitative estimate of drug-likeness (QED) is 0.468. The summed E-state index contributed by atoms with van der Waals surface area (Å²) in [5.41, 5.74) is 2.82. The molecule has 32 heavy (non-hydrogen) atoms. The topological polar surface area (TPSA) is 68.4 Å². The van der Waals surface area contributed by atoms with Crippen molar-refractivity contribution in [3.8, 4) is 11.5 Å². The first kappa shape index (κ1) is 22.9. The van der Waals surface area contributed by atoms with E-state index in [9.17, 15) is 5.11 Å². The number of aromatic hydroxyl groups is 1. The monoisotopic (exact) mass is 438 g/mol. The Hall–Kier alpha value is -2.30. The summed E-state index contributed by atoms with van der Waals surface area (Å²) in [6.07, 6.45) is 9.91. The first-order chi connectivity index (χ1) is 15.1. The second-order valence-electron chi connectivity index (χ2n) is 10.8. The lowest BCUT2D eigenvalue weighted by Gasteiger charge is -2.47. The minimum Gasteiger partial charge on any atom is -0.508 e. The molecular formula is C27H38N2O3. The molecule has 0 radical (unpaired) electrons. The highest BCUT2D eigenvalue weighted by Crippen LogP contribution is 2.56. The van der Waals surface area contributed by atoms with E-state index in [1.165, 1.54) is 25.7 Å². The fourth-order valence-corrected chi connectivity index (χ4v) is 5.53. The number of hydrogen-bond donors (Lipinski definition) is 1. The van der Waals surface area contributed by atoms with Gasteiger partial charge in [0.25, 0.3) is 0 Å². The summed E-state index contributed by atoms with van der Waals surface area (Å²) < 4.78 is 12.3. The van der Waals surface area contributed by atoms with Crippen molar-refractivity contribution >= 4 is 5.57 Å². The van der Waals surface area contributed by atoms with Gasteiger partial charge in [-0.05, 0) is 56.2 Å². The molecule has 1 aromatic heterocycles. The van der Waals surface area contributed by atoms with Crippen molar-refractivity contribution in [3.63, 3.8) is 0 Å². The molecule has 0 saturated heterocycles. The zero-order valence-corrected chi connectivity index (χ0v) is 20.5. The molecule has 2 heterocycles. The van der Waals surface area contributed by atoms with Crippen molar-refractivity contribution in [2.24, 2.45) is 5.92 Å². The summed E-state index contributed by atoms with van der Waals surface area (Å²) in [4.78, 5) is 0. The van der Waals surface area contributed by atoms with Gasteiger partial charge in [0.05, 0.1) is 0 Å². The van der Waals surface area contributed by atoms with E-state index in [1.807, 2.05) is 13.0 Å². The first-order valence-corrected chi connectivity index (χ1v) is 12.2. The molecule has 1 N–H and O–H groups in total. The molecule has 0 saturated carbocycles. The molecule has 1 aliphatic carbocycles. The molecule has 2 unspecified atom stereocenters. The van der Waals surface area contributed by atoms with Crippen molar-refractivity contribution < 1.29 is 14.3 Å². The van der Waals surface area contributed by atoms with Crippen molar-refractivity contribution in [1.29, 1.82) is 0 Å². The van der Waals surface area contributed by atoms with Gasteiger partial charge in [0.1, 0.15) is 17.1 Å². The van der Waals surface area contributed by atoms with Crippen LogP contribution in [0.2, 0.25) is 0 Å². The second kappa shape index (κ2) is 8.57. The van der Waals surface area contributed by atoms with Gasteiger partial charge in [0.15, 0.2) is 0 Å². The van der Waals surface area contributed by atoms with Crippen molar-refractivity contribution in [2.45, 2.75) is 103 Å². The van der Waals surface area contributed by atoms with Crippen molar-refractivity contribution in [3.05, 3.63) is 41.1 Å². The van der Waals surface area contributed by atoms with Crippen LogP contribution >= 0.6 is 0 Å². The smallest absolute Gasteiger partial charge is 0.243 e. The number of hydrogen-bond acceptors (Lipinski definition) is 5. The van der Waals surface area contributed by atoms with Gasteiger partial charge in [-0.15, -0.1) is 10.2 Å². The number of benzene rings is 1. The van der Waals surface area contributed by atoms with Crippen LogP contribution in [0.5, 0.6) is 11.5 Å². The molecule has 4 rings (SSSR count). The van der Waals surface area contributed by atoms with Crippen molar-refractivity contribution in [2.75, 3.05) is 0 Å². The molecule has 1 aromatic carbocycles. The SMILES string of the molecule is CCCCCCC(C)(C)c1cc(O)c2c(c1)OC(C)(C)C1CC=C(c3nnc(C)o3)CC21. The molecule has 5 heteroatoms. The highest BCUT2D eigenvalue weighted by Gasteiger charge is 2.47. The average Bonchev–Trinajstić information content (AvgIpc) is 3.16. The fraction of sp³-hybridized carbons (Fsp3) is 0.630. The third-order valence-corrected chi connectivity index (χ3v) is 7.54. The maximum Gasteiger partial charge on any atom is 0.243 e. The number of aryl methyl sites for hydroxylation is 1. The number of phenolic OH excluding ortho intramolecular Hbond substituents is 1. The number of rotatable bonds is 7. The summed E-state index contributed by atoms with van der Waals surface area (Å²) in [6, 6.07) is 4.16. The Morgan fingerprint density at radius 3 is 2.62 bits per heavy atom. The largest absolute Gasteiger partial charge is 0.508 e. The van der Waals surface area contributed by atoms with E-state index >= 15 is 0 Å². The van der Waals surface area contributed by atoms with E-state index < -0.39 is 0 Å². The lowest BCUT2D eigenvalue weighted by molar-refractivity contribution is 0.00896. The normalized spacial score (nSPS) is 22.0. The zero-order valence-electron chi connectivity index (χ0n) is 20.5. The number of ether oxygens (including phenoxy) is 1. The van der Waals surface area contributed by atoms with Crippen LogP contribution in [0.15, 0.2) is 22.6 Å². The number of unbranched alkanes of at least 4 members (excludes halogenated alkanes) is 3. The van der Waals surface area contributed by atoms with Gasteiger partial charge in [0, 0.05) is 29.9 Å².